The van der Waals surface area contributed by atoms with E-state index >= 15 is 0 Å². The van der Waals surface area contributed by atoms with E-state index in [1.54, 1.807) is 22.0 Å². The van der Waals surface area contributed by atoms with Gasteiger partial charge in [-0.1, -0.05) is 45.6 Å². The first-order chi connectivity index (χ1) is 14.9. The number of hydrogen-bond acceptors (Lipinski definition) is 4. The summed E-state index contributed by atoms with van der Waals surface area (Å²) in [5, 5.41) is 7.93. The van der Waals surface area contributed by atoms with Crippen LogP contribution < -0.4 is 5.32 Å². The number of hydrogen-bond donors (Lipinski definition) is 1. The van der Waals surface area contributed by atoms with Crippen molar-refractivity contribution in [2.45, 2.75) is 89.9 Å². The van der Waals surface area contributed by atoms with Crippen molar-refractivity contribution in [1.82, 2.24) is 25.0 Å². The molecule has 2 amide bonds. The predicted octanol–water partition coefficient (Wildman–Crippen LogP) is 3.66. The highest BCUT2D eigenvalue weighted by Gasteiger charge is 2.48. The van der Waals surface area contributed by atoms with E-state index < -0.39 is 5.54 Å². The Balaban J connectivity index is 1.67. The maximum Gasteiger partial charge on any atom is 0.273 e. The molecule has 166 valence electrons. The molecule has 1 atom stereocenters. The van der Waals surface area contributed by atoms with Gasteiger partial charge in [-0.25, -0.2) is 0 Å². The van der Waals surface area contributed by atoms with E-state index in [1.807, 2.05) is 25.1 Å². The Morgan fingerprint density at radius 1 is 1.26 bits per heavy atom. The van der Waals surface area contributed by atoms with Crippen LogP contribution in [-0.4, -0.2) is 43.1 Å². The van der Waals surface area contributed by atoms with Crippen LogP contribution in [-0.2, 0) is 17.9 Å². The Kier molecular flexibility index (Phi) is 6.12. The minimum Gasteiger partial charge on any atom is -0.351 e. The van der Waals surface area contributed by atoms with Gasteiger partial charge >= 0.3 is 0 Å². The Morgan fingerprint density at radius 3 is 2.65 bits per heavy atom. The summed E-state index contributed by atoms with van der Waals surface area (Å²) in [5.41, 5.74) is 1.30. The molecule has 1 saturated carbocycles. The van der Waals surface area contributed by atoms with Crippen molar-refractivity contribution >= 4 is 11.8 Å². The number of amides is 2. The van der Waals surface area contributed by atoms with Gasteiger partial charge in [0.25, 0.3) is 5.91 Å². The SMILES string of the molecule is CC(C)c1cc2n(n1)CC(C)(C(=O)NC1CCCCCC1)N(Cc1cccnc1)C2=O. The molecular weight excluding hydrogens is 390 g/mol. The lowest BCUT2D eigenvalue weighted by Gasteiger charge is -2.43. The number of carbonyl (C=O) groups excluding carboxylic acids is 2. The molecule has 1 aliphatic carbocycles. The van der Waals surface area contributed by atoms with Gasteiger partial charge in [0.15, 0.2) is 0 Å². The third kappa shape index (κ3) is 4.36. The fourth-order valence-electron chi connectivity index (χ4n) is 4.63. The number of nitrogens with one attached hydrogen (secondary N) is 1. The van der Waals surface area contributed by atoms with Gasteiger partial charge in [0.1, 0.15) is 11.2 Å². The summed E-state index contributed by atoms with van der Waals surface area (Å²) in [6.07, 6.45) is 10.2. The van der Waals surface area contributed by atoms with Crippen LogP contribution in [0.3, 0.4) is 0 Å². The van der Waals surface area contributed by atoms with Crippen LogP contribution in [0.25, 0.3) is 0 Å². The average molecular weight is 424 g/mol. The van der Waals surface area contributed by atoms with Gasteiger partial charge in [-0.3, -0.25) is 19.3 Å². The Hall–Kier alpha value is -2.70. The van der Waals surface area contributed by atoms with Crippen LogP contribution in [0.1, 0.15) is 87.0 Å². The maximum atomic E-state index is 13.6. The molecule has 7 heteroatoms. The fourth-order valence-corrected chi connectivity index (χ4v) is 4.63. The van der Waals surface area contributed by atoms with E-state index in [4.69, 9.17) is 0 Å². The molecule has 1 unspecified atom stereocenters. The summed E-state index contributed by atoms with van der Waals surface area (Å²) in [6, 6.07) is 5.84. The van der Waals surface area contributed by atoms with E-state index in [1.165, 1.54) is 12.8 Å². The second kappa shape index (κ2) is 8.81. The summed E-state index contributed by atoms with van der Waals surface area (Å²) in [4.78, 5) is 33.1. The van der Waals surface area contributed by atoms with E-state index in [0.717, 1.165) is 36.9 Å². The zero-order valence-electron chi connectivity index (χ0n) is 18.8. The highest BCUT2D eigenvalue weighted by Crippen LogP contribution is 2.31. The summed E-state index contributed by atoms with van der Waals surface area (Å²) in [7, 11) is 0. The molecule has 1 fully saturated rings. The number of pyridine rings is 1. The minimum absolute atomic E-state index is 0.0936. The van der Waals surface area contributed by atoms with E-state index in [2.05, 4.69) is 29.2 Å². The van der Waals surface area contributed by atoms with Crippen molar-refractivity contribution in [3.05, 3.63) is 47.5 Å². The van der Waals surface area contributed by atoms with Crippen LogP contribution in [0.2, 0.25) is 0 Å². The fraction of sp³-hybridized carbons (Fsp3) is 0.583. The molecule has 2 aromatic rings. The predicted molar refractivity (Wildman–Crippen MR) is 118 cm³/mol. The van der Waals surface area contributed by atoms with Gasteiger partial charge in [0.2, 0.25) is 5.91 Å². The molecule has 2 aliphatic rings. The second-order valence-corrected chi connectivity index (χ2v) is 9.46. The first kappa shape index (κ1) is 21.5. The molecule has 7 nitrogen and oxygen atoms in total. The van der Waals surface area contributed by atoms with Crippen molar-refractivity contribution in [1.29, 1.82) is 0 Å². The number of fused-ring (bicyclic) bond motifs is 1. The maximum absolute atomic E-state index is 13.6. The van der Waals surface area contributed by atoms with Crippen LogP contribution in [0.15, 0.2) is 30.6 Å². The number of nitrogens with zero attached hydrogens (tertiary/aromatic N) is 4. The third-order valence-electron chi connectivity index (χ3n) is 6.65. The minimum atomic E-state index is -1.02. The largest absolute Gasteiger partial charge is 0.351 e. The van der Waals surface area contributed by atoms with Crippen molar-refractivity contribution in [3.63, 3.8) is 0 Å². The quantitative estimate of drug-likeness (QED) is 0.745. The van der Waals surface area contributed by atoms with Gasteiger partial charge in [0, 0.05) is 25.0 Å². The second-order valence-electron chi connectivity index (χ2n) is 9.46. The normalized spacial score (nSPS) is 22.3. The van der Waals surface area contributed by atoms with E-state index in [0.29, 0.717) is 18.8 Å². The Morgan fingerprint density at radius 2 is 2.00 bits per heavy atom. The summed E-state index contributed by atoms with van der Waals surface area (Å²) >= 11 is 0. The van der Waals surface area contributed by atoms with E-state index in [9.17, 15) is 9.59 Å². The molecule has 4 rings (SSSR count). The average Bonchev–Trinajstić information content (AvgIpc) is 3.01. The molecule has 1 N–H and O–H groups in total. The lowest BCUT2D eigenvalue weighted by atomic mass is 9.93. The van der Waals surface area contributed by atoms with Crippen LogP contribution in [0.4, 0.5) is 0 Å². The molecular formula is C24H33N5O2. The molecule has 0 saturated heterocycles. The van der Waals surface area contributed by atoms with Gasteiger partial charge in [0.05, 0.1) is 12.2 Å². The van der Waals surface area contributed by atoms with Crippen LogP contribution in [0.5, 0.6) is 0 Å². The smallest absolute Gasteiger partial charge is 0.273 e. The van der Waals surface area contributed by atoms with Crippen molar-refractivity contribution in [2.75, 3.05) is 0 Å². The molecule has 3 heterocycles. The molecule has 0 aromatic carbocycles. The van der Waals surface area contributed by atoms with Gasteiger partial charge < -0.3 is 10.2 Å². The van der Waals surface area contributed by atoms with Crippen molar-refractivity contribution < 1.29 is 9.59 Å². The van der Waals surface area contributed by atoms with Crippen molar-refractivity contribution in [3.8, 4) is 0 Å². The first-order valence-corrected chi connectivity index (χ1v) is 11.5. The monoisotopic (exact) mass is 423 g/mol. The number of carbonyl (C=O) groups is 2. The van der Waals surface area contributed by atoms with Crippen LogP contribution >= 0.6 is 0 Å². The summed E-state index contributed by atoms with van der Waals surface area (Å²) in [6.45, 7) is 6.67. The number of aromatic nitrogens is 3. The van der Waals surface area contributed by atoms with Gasteiger partial charge in [-0.15, -0.1) is 0 Å². The molecule has 0 bridgehead atoms. The van der Waals surface area contributed by atoms with Crippen LogP contribution in [0, 0.1) is 0 Å². The van der Waals surface area contributed by atoms with E-state index in [-0.39, 0.29) is 23.8 Å². The zero-order valence-corrected chi connectivity index (χ0v) is 18.8. The first-order valence-electron chi connectivity index (χ1n) is 11.5. The van der Waals surface area contributed by atoms with Crippen molar-refractivity contribution in [2.24, 2.45) is 0 Å². The standard InChI is InChI=1S/C24H33N5O2/c1-17(2)20-13-21-22(30)28(15-18-9-8-12-25-14-18)24(3,16-29(21)27-20)23(31)26-19-10-6-4-5-7-11-19/h8-9,12-14,17,19H,4-7,10-11,15-16H2,1-3H3,(H,26,31). The molecule has 0 radical (unpaired) electrons. The Bertz CT molecular complexity index is 931. The highest BCUT2D eigenvalue weighted by molar-refractivity contribution is 5.99. The third-order valence-corrected chi connectivity index (χ3v) is 6.65. The van der Waals surface area contributed by atoms with Gasteiger partial charge in [-0.2, -0.15) is 5.10 Å². The summed E-state index contributed by atoms with van der Waals surface area (Å²) in [5.74, 6) is -0.0411. The lowest BCUT2D eigenvalue weighted by molar-refractivity contribution is -0.134. The highest BCUT2D eigenvalue weighted by atomic mass is 16.2. The zero-order chi connectivity index (χ0) is 22.0. The Labute approximate surface area is 184 Å². The molecule has 2 aromatic heterocycles. The molecule has 0 spiro atoms. The lowest BCUT2D eigenvalue weighted by Crippen LogP contribution is -2.64. The molecule has 1 aliphatic heterocycles. The van der Waals surface area contributed by atoms with Gasteiger partial charge in [-0.05, 0) is 43.4 Å². The number of rotatable bonds is 5. The topological polar surface area (TPSA) is 80.1 Å². The molecule has 31 heavy (non-hydrogen) atoms. The summed E-state index contributed by atoms with van der Waals surface area (Å²) < 4.78 is 1.73.